The summed E-state index contributed by atoms with van der Waals surface area (Å²) in [4.78, 5) is 16.8. The summed E-state index contributed by atoms with van der Waals surface area (Å²) in [7, 11) is 0. The molecular formula is C18H11N2O4S-. The van der Waals surface area contributed by atoms with E-state index in [0.29, 0.717) is 22.2 Å². The maximum Gasteiger partial charge on any atom is 0.345 e. The van der Waals surface area contributed by atoms with E-state index in [4.69, 9.17) is 9.62 Å². The zero-order chi connectivity index (χ0) is 17.4. The molecule has 6 nitrogen and oxygen atoms in total. The fourth-order valence-corrected chi connectivity index (χ4v) is 3.35. The predicted molar refractivity (Wildman–Crippen MR) is 96.7 cm³/mol. The third-order valence-corrected chi connectivity index (χ3v) is 4.63. The Morgan fingerprint density at radius 2 is 1.92 bits per heavy atom. The fourth-order valence-electron chi connectivity index (χ4n) is 2.52. The van der Waals surface area contributed by atoms with Crippen LogP contribution in [0.1, 0.15) is 0 Å². The van der Waals surface area contributed by atoms with E-state index in [2.05, 4.69) is 4.98 Å². The van der Waals surface area contributed by atoms with Gasteiger partial charge in [0.15, 0.2) is 0 Å². The van der Waals surface area contributed by atoms with Crippen LogP contribution in [0.2, 0.25) is 0 Å². The highest BCUT2D eigenvalue weighted by Gasteiger charge is 2.13. The lowest BCUT2D eigenvalue weighted by molar-refractivity contribution is 0.296. The van der Waals surface area contributed by atoms with E-state index in [1.54, 1.807) is 11.4 Å². The Bertz CT molecular complexity index is 1100. The Labute approximate surface area is 145 Å². The van der Waals surface area contributed by atoms with Crippen LogP contribution in [0.3, 0.4) is 0 Å². The molecule has 0 aliphatic rings. The number of aromatic nitrogens is 1. The zero-order valence-corrected chi connectivity index (χ0v) is 13.6. The molecule has 0 saturated heterocycles. The summed E-state index contributed by atoms with van der Waals surface area (Å²) in [6.07, 6.45) is 0. The molecule has 0 amide bonds. The van der Waals surface area contributed by atoms with E-state index >= 15 is 0 Å². The van der Waals surface area contributed by atoms with Crippen molar-refractivity contribution in [3.05, 3.63) is 75.6 Å². The van der Waals surface area contributed by atoms with E-state index in [1.807, 2.05) is 30.3 Å². The Hall–Kier alpha value is -3.00. The van der Waals surface area contributed by atoms with E-state index in [1.165, 1.54) is 29.5 Å². The van der Waals surface area contributed by atoms with Crippen LogP contribution >= 0.6 is 11.3 Å². The van der Waals surface area contributed by atoms with Crippen molar-refractivity contribution < 1.29 is 9.62 Å². The van der Waals surface area contributed by atoms with Crippen molar-refractivity contribution in [2.24, 2.45) is 0 Å². The minimum absolute atomic E-state index is 0.0514. The molecule has 0 spiro atoms. The van der Waals surface area contributed by atoms with Crippen LogP contribution in [0.5, 0.6) is 0 Å². The maximum absolute atomic E-state index is 12.3. The van der Waals surface area contributed by atoms with Crippen LogP contribution in [0, 0.1) is 5.21 Å². The Kier molecular flexibility index (Phi) is 3.81. The summed E-state index contributed by atoms with van der Waals surface area (Å²) >= 11 is 1.43. The second-order valence-electron chi connectivity index (χ2n) is 5.35. The van der Waals surface area contributed by atoms with Gasteiger partial charge < -0.3 is 14.9 Å². The van der Waals surface area contributed by atoms with Crippen molar-refractivity contribution >= 4 is 28.0 Å². The number of benzene rings is 2. The molecule has 124 valence electrons. The summed E-state index contributed by atoms with van der Waals surface area (Å²) in [6.45, 7) is 0. The summed E-state index contributed by atoms with van der Waals surface area (Å²) in [5, 5.41) is 22.9. The molecule has 0 saturated carbocycles. The largest absolute Gasteiger partial charge is 0.733 e. The van der Waals surface area contributed by atoms with Gasteiger partial charge in [0.25, 0.3) is 0 Å². The van der Waals surface area contributed by atoms with Crippen LogP contribution in [0.25, 0.3) is 32.8 Å². The van der Waals surface area contributed by atoms with Gasteiger partial charge in [-0.25, -0.2) is 9.78 Å². The van der Waals surface area contributed by atoms with E-state index < -0.39 is 5.63 Å². The molecule has 2 heterocycles. The van der Waals surface area contributed by atoms with Gasteiger partial charge in [0, 0.05) is 16.3 Å². The van der Waals surface area contributed by atoms with Crippen molar-refractivity contribution in [1.82, 2.24) is 4.98 Å². The third kappa shape index (κ3) is 2.91. The van der Waals surface area contributed by atoms with Crippen LogP contribution in [-0.2, 0) is 0 Å². The van der Waals surface area contributed by atoms with E-state index in [9.17, 15) is 10.0 Å². The quantitative estimate of drug-likeness (QED) is 0.438. The van der Waals surface area contributed by atoms with E-state index in [0.717, 1.165) is 10.6 Å². The zero-order valence-electron chi connectivity index (χ0n) is 12.7. The van der Waals surface area contributed by atoms with Crippen LogP contribution < -0.4 is 10.9 Å². The van der Waals surface area contributed by atoms with Crippen molar-refractivity contribution in [1.29, 1.82) is 0 Å². The second kappa shape index (κ2) is 6.14. The predicted octanol–water partition coefficient (Wildman–Crippen LogP) is 4.28. The van der Waals surface area contributed by atoms with Crippen molar-refractivity contribution in [3.8, 4) is 21.8 Å². The number of anilines is 1. The lowest BCUT2D eigenvalue weighted by atomic mass is 10.1. The molecule has 1 N–H and O–H groups in total. The van der Waals surface area contributed by atoms with Crippen LogP contribution in [-0.4, -0.2) is 10.2 Å². The van der Waals surface area contributed by atoms with Gasteiger partial charge in [-0.05, 0) is 24.3 Å². The summed E-state index contributed by atoms with van der Waals surface area (Å²) < 4.78 is 5.30. The number of fused-ring (bicyclic) bond motifs is 1. The average Bonchev–Trinajstić information content (AvgIpc) is 3.11. The molecule has 0 aliphatic heterocycles. The Morgan fingerprint density at radius 1 is 1.12 bits per heavy atom. The van der Waals surface area contributed by atoms with Gasteiger partial charge in [-0.1, -0.05) is 30.3 Å². The molecule has 0 bridgehead atoms. The van der Waals surface area contributed by atoms with Crippen molar-refractivity contribution in [3.63, 3.8) is 0 Å². The van der Waals surface area contributed by atoms with Gasteiger partial charge in [-0.15, -0.1) is 11.3 Å². The molecule has 0 aliphatic carbocycles. The molecule has 25 heavy (non-hydrogen) atoms. The molecule has 2 aromatic heterocycles. The molecule has 2 aromatic carbocycles. The second-order valence-corrected chi connectivity index (χ2v) is 6.20. The molecule has 0 atom stereocenters. The molecular weight excluding hydrogens is 340 g/mol. The van der Waals surface area contributed by atoms with Crippen LogP contribution in [0.15, 0.2) is 69.2 Å². The highest BCUT2D eigenvalue weighted by atomic mass is 32.1. The SMILES string of the molecule is O=c1oc2ccc(N([O-])O)cc2cc1-c1csc(-c2ccccc2)n1. The lowest BCUT2D eigenvalue weighted by Gasteiger charge is -2.21. The first-order chi connectivity index (χ1) is 12.1. The summed E-state index contributed by atoms with van der Waals surface area (Å²) in [5.74, 6) is 0. The molecule has 0 fully saturated rings. The molecule has 0 unspecified atom stereocenters. The van der Waals surface area contributed by atoms with Gasteiger partial charge in [-0.3, -0.25) is 5.21 Å². The van der Waals surface area contributed by atoms with Gasteiger partial charge >= 0.3 is 5.63 Å². The number of rotatable bonds is 3. The van der Waals surface area contributed by atoms with Crippen LogP contribution in [0.4, 0.5) is 5.69 Å². The number of nitrogens with zero attached hydrogens (tertiary/aromatic N) is 2. The first-order valence-electron chi connectivity index (χ1n) is 7.37. The molecule has 7 heteroatoms. The van der Waals surface area contributed by atoms with E-state index in [-0.39, 0.29) is 10.9 Å². The summed E-state index contributed by atoms with van der Waals surface area (Å²) in [6, 6.07) is 15.6. The number of hydrogen-bond acceptors (Lipinski definition) is 7. The average molecular weight is 351 g/mol. The van der Waals surface area contributed by atoms with Gasteiger partial charge in [0.1, 0.15) is 10.6 Å². The minimum Gasteiger partial charge on any atom is -0.733 e. The fraction of sp³-hybridized carbons (Fsp3) is 0. The Morgan fingerprint density at radius 3 is 2.68 bits per heavy atom. The third-order valence-electron chi connectivity index (χ3n) is 3.74. The number of thiazole rings is 1. The first-order valence-corrected chi connectivity index (χ1v) is 8.25. The normalized spacial score (nSPS) is 11.0. The highest BCUT2D eigenvalue weighted by molar-refractivity contribution is 7.13. The molecule has 4 rings (SSSR count). The minimum atomic E-state index is -0.506. The standard InChI is InChI=1S/C18H11N2O4S/c21-18-14(9-12-8-13(20(22)23)6-7-16(12)24-18)15-10-25-17(19-15)11-4-2-1-3-5-11/h1-10,22H/q-1. The number of hydrogen-bond donors (Lipinski definition) is 1. The Balaban J connectivity index is 1.82. The highest BCUT2D eigenvalue weighted by Crippen LogP contribution is 2.29. The monoisotopic (exact) mass is 351 g/mol. The van der Waals surface area contributed by atoms with Gasteiger partial charge in [-0.2, -0.15) is 0 Å². The van der Waals surface area contributed by atoms with Gasteiger partial charge in [0.2, 0.25) is 0 Å². The van der Waals surface area contributed by atoms with Gasteiger partial charge in [0.05, 0.1) is 16.9 Å². The molecule has 0 radical (unpaired) electrons. The van der Waals surface area contributed by atoms with Crippen molar-refractivity contribution in [2.75, 3.05) is 5.23 Å². The smallest absolute Gasteiger partial charge is 0.345 e. The topological polar surface area (TPSA) is 89.6 Å². The summed E-state index contributed by atoms with van der Waals surface area (Å²) in [5.41, 5.74) is 1.65. The molecule has 4 aromatic rings. The van der Waals surface area contributed by atoms with Crippen molar-refractivity contribution in [2.45, 2.75) is 0 Å². The lowest BCUT2D eigenvalue weighted by Crippen LogP contribution is -2.07. The maximum atomic E-state index is 12.3. The first kappa shape index (κ1) is 15.5.